The number of amides is 1. The minimum absolute atomic E-state index is 0.0223. The average Bonchev–Trinajstić information content (AvgIpc) is 3.41. The molecule has 5 rings (SSSR count). The third kappa shape index (κ3) is 2.84. The van der Waals surface area contributed by atoms with E-state index in [-0.39, 0.29) is 11.8 Å². The summed E-state index contributed by atoms with van der Waals surface area (Å²) in [4.78, 5) is 27.1. The lowest BCUT2D eigenvalue weighted by Crippen LogP contribution is -2.38. The van der Waals surface area contributed by atoms with Crippen LogP contribution in [0.1, 0.15) is 33.2 Å². The van der Waals surface area contributed by atoms with Gasteiger partial charge in [0.1, 0.15) is 5.75 Å². The third-order valence-corrected chi connectivity index (χ3v) is 6.01. The quantitative estimate of drug-likeness (QED) is 0.577. The summed E-state index contributed by atoms with van der Waals surface area (Å²) in [6.07, 6.45) is 1.71. The van der Waals surface area contributed by atoms with Crippen LogP contribution >= 0.6 is 11.3 Å². The number of nitrogens with one attached hydrogen (secondary N) is 1. The van der Waals surface area contributed by atoms with Crippen molar-refractivity contribution in [3.8, 4) is 5.75 Å². The molecule has 1 N–H and O–H groups in total. The highest BCUT2D eigenvalue weighted by Crippen LogP contribution is 2.33. The average molecular weight is 390 g/mol. The van der Waals surface area contributed by atoms with Gasteiger partial charge >= 0.3 is 0 Å². The molecule has 2 aromatic carbocycles. The summed E-state index contributed by atoms with van der Waals surface area (Å²) in [5.41, 5.74) is 6.52. The number of hydrogen-bond donors (Lipinski definition) is 1. The van der Waals surface area contributed by atoms with Crippen LogP contribution in [0.15, 0.2) is 54.3 Å². The summed E-state index contributed by atoms with van der Waals surface area (Å²) in [5, 5.41) is 0. The Hall–Kier alpha value is -3.19. The van der Waals surface area contributed by atoms with Gasteiger partial charge in [-0.2, -0.15) is 0 Å². The second-order valence-corrected chi connectivity index (χ2v) is 7.70. The highest BCUT2D eigenvalue weighted by Gasteiger charge is 2.31. The molecule has 1 aliphatic rings. The number of fused-ring (bicyclic) bond motifs is 2. The molecule has 28 heavy (non-hydrogen) atoms. The number of imidazole rings is 1. The van der Waals surface area contributed by atoms with Crippen LogP contribution in [0.2, 0.25) is 0 Å². The van der Waals surface area contributed by atoms with E-state index in [2.05, 4.69) is 15.0 Å². The van der Waals surface area contributed by atoms with E-state index >= 15 is 0 Å². The van der Waals surface area contributed by atoms with Crippen molar-refractivity contribution in [2.75, 3.05) is 13.7 Å². The Bertz CT molecular complexity index is 1150. The predicted molar refractivity (Wildman–Crippen MR) is 108 cm³/mol. The number of carbonyl (C=O) groups is 1. The second-order valence-electron chi connectivity index (χ2n) is 6.81. The van der Waals surface area contributed by atoms with Crippen molar-refractivity contribution in [1.82, 2.24) is 19.9 Å². The number of aromatic amines is 1. The van der Waals surface area contributed by atoms with Crippen LogP contribution in [0.5, 0.6) is 5.75 Å². The number of nitrogens with zero attached hydrogens (tertiary/aromatic N) is 3. The van der Waals surface area contributed by atoms with E-state index in [0.29, 0.717) is 18.7 Å². The molecule has 1 unspecified atom stereocenters. The molecule has 2 aromatic heterocycles. The lowest BCUT2D eigenvalue weighted by Gasteiger charge is -2.32. The maximum absolute atomic E-state index is 13.2. The molecule has 1 amide bonds. The number of thiazole rings is 1. The Morgan fingerprint density at radius 1 is 1.21 bits per heavy atom. The number of ether oxygens (including phenoxy) is 1. The van der Waals surface area contributed by atoms with Crippen LogP contribution in [-0.2, 0) is 6.54 Å². The van der Waals surface area contributed by atoms with Crippen LogP contribution in [0.3, 0.4) is 0 Å². The van der Waals surface area contributed by atoms with E-state index in [1.54, 1.807) is 30.3 Å². The lowest BCUT2D eigenvalue weighted by molar-refractivity contribution is 0.0722. The Kier molecular flexibility index (Phi) is 4.09. The van der Waals surface area contributed by atoms with Gasteiger partial charge in [-0.3, -0.25) is 4.79 Å². The molecule has 7 heteroatoms. The fraction of sp³-hybridized carbons (Fsp3) is 0.190. The van der Waals surface area contributed by atoms with Gasteiger partial charge in [-0.1, -0.05) is 12.1 Å². The molecular formula is C21H18N4O2S. The number of benzene rings is 2. The van der Waals surface area contributed by atoms with E-state index in [0.717, 1.165) is 32.9 Å². The zero-order chi connectivity index (χ0) is 19.1. The van der Waals surface area contributed by atoms with Gasteiger partial charge in [0.25, 0.3) is 5.91 Å². The van der Waals surface area contributed by atoms with Crippen molar-refractivity contribution >= 4 is 27.5 Å². The van der Waals surface area contributed by atoms with E-state index in [4.69, 9.17) is 4.74 Å². The van der Waals surface area contributed by atoms with Gasteiger partial charge in [0.2, 0.25) is 0 Å². The Balaban J connectivity index is 1.48. The van der Waals surface area contributed by atoms with Crippen molar-refractivity contribution in [3.05, 3.63) is 76.8 Å². The summed E-state index contributed by atoms with van der Waals surface area (Å²) >= 11 is 1.55. The summed E-state index contributed by atoms with van der Waals surface area (Å²) in [5.74, 6) is 0.860. The highest BCUT2D eigenvalue weighted by molar-refractivity contribution is 7.16. The van der Waals surface area contributed by atoms with Gasteiger partial charge in [0.05, 0.1) is 47.1 Å². The van der Waals surface area contributed by atoms with Crippen molar-refractivity contribution in [2.24, 2.45) is 0 Å². The molecule has 0 aliphatic carbocycles. The molecule has 1 aliphatic heterocycles. The Morgan fingerprint density at radius 3 is 2.89 bits per heavy atom. The zero-order valence-corrected chi connectivity index (χ0v) is 16.1. The number of rotatable bonds is 3. The van der Waals surface area contributed by atoms with Crippen molar-refractivity contribution in [1.29, 1.82) is 0 Å². The van der Waals surface area contributed by atoms with Gasteiger partial charge in [0.15, 0.2) is 0 Å². The SMILES string of the molecule is COc1ccc(C2CN(C(=O)c3ccc4ncsc4c3)Cc3[nH]cnc32)cc1. The maximum Gasteiger partial charge on any atom is 0.254 e. The zero-order valence-electron chi connectivity index (χ0n) is 15.3. The molecule has 1 atom stereocenters. The first kappa shape index (κ1) is 16.9. The summed E-state index contributed by atoms with van der Waals surface area (Å²) in [7, 11) is 1.65. The van der Waals surface area contributed by atoms with Gasteiger partial charge in [-0.05, 0) is 35.9 Å². The van der Waals surface area contributed by atoms with Gasteiger partial charge in [-0.25, -0.2) is 9.97 Å². The molecule has 0 bridgehead atoms. The fourth-order valence-corrected chi connectivity index (χ4v) is 4.46. The highest BCUT2D eigenvalue weighted by atomic mass is 32.1. The number of hydrogen-bond acceptors (Lipinski definition) is 5. The minimum atomic E-state index is 0.0223. The van der Waals surface area contributed by atoms with E-state index in [9.17, 15) is 4.79 Å². The monoisotopic (exact) mass is 390 g/mol. The first-order valence-electron chi connectivity index (χ1n) is 9.01. The molecule has 140 valence electrons. The third-order valence-electron chi connectivity index (χ3n) is 5.22. The van der Waals surface area contributed by atoms with Gasteiger partial charge in [-0.15, -0.1) is 11.3 Å². The van der Waals surface area contributed by atoms with E-state index in [1.807, 2.05) is 47.4 Å². The van der Waals surface area contributed by atoms with Gasteiger partial charge in [0, 0.05) is 18.0 Å². The molecular weight excluding hydrogens is 372 g/mol. The van der Waals surface area contributed by atoms with Crippen molar-refractivity contribution in [2.45, 2.75) is 12.5 Å². The Labute approximate surface area is 165 Å². The number of methoxy groups -OCH3 is 1. The normalized spacial score (nSPS) is 16.2. The molecule has 3 heterocycles. The first-order valence-corrected chi connectivity index (χ1v) is 9.89. The molecule has 4 aromatic rings. The summed E-state index contributed by atoms with van der Waals surface area (Å²) in [6, 6.07) is 13.7. The van der Waals surface area contributed by atoms with Crippen molar-refractivity contribution < 1.29 is 9.53 Å². The van der Waals surface area contributed by atoms with Crippen molar-refractivity contribution in [3.63, 3.8) is 0 Å². The maximum atomic E-state index is 13.2. The van der Waals surface area contributed by atoms with Gasteiger partial charge < -0.3 is 14.6 Å². The lowest BCUT2D eigenvalue weighted by atomic mass is 9.90. The van der Waals surface area contributed by atoms with Crippen LogP contribution < -0.4 is 4.74 Å². The molecule has 0 radical (unpaired) electrons. The molecule has 6 nitrogen and oxygen atoms in total. The number of aromatic nitrogens is 3. The van der Waals surface area contributed by atoms with E-state index < -0.39 is 0 Å². The molecule has 0 fully saturated rings. The van der Waals surface area contributed by atoms with E-state index in [1.165, 1.54) is 0 Å². The van der Waals surface area contributed by atoms with Crippen LogP contribution in [0, 0.1) is 0 Å². The largest absolute Gasteiger partial charge is 0.497 e. The van der Waals surface area contributed by atoms with Crippen LogP contribution in [-0.4, -0.2) is 39.4 Å². The van der Waals surface area contributed by atoms with Crippen LogP contribution in [0.25, 0.3) is 10.2 Å². The predicted octanol–water partition coefficient (Wildman–Crippen LogP) is 3.82. The molecule has 0 saturated carbocycles. The fourth-order valence-electron chi connectivity index (χ4n) is 3.75. The Morgan fingerprint density at radius 2 is 2.07 bits per heavy atom. The number of H-pyrrole nitrogens is 1. The molecule has 0 saturated heterocycles. The summed E-state index contributed by atoms with van der Waals surface area (Å²) in [6.45, 7) is 1.12. The van der Waals surface area contributed by atoms with Crippen LogP contribution in [0.4, 0.5) is 0 Å². The molecule has 0 spiro atoms. The number of carbonyl (C=O) groups excluding carboxylic acids is 1. The second kappa shape index (κ2) is 6.76. The summed E-state index contributed by atoms with van der Waals surface area (Å²) < 4.78 is 6.29. The standard InChI is InChI=1S/C21H18N4O2S/c1-27-15-5-2-13(3-6-15)16-9-25(10-18-20(16)23-11-22-18)21(26)14-4-7-17-19(8-14)28-12-24-17/h2-8,11-12,16H,9-10H2,1H3,(H,22,23). The first-order chi connectivity index (χ1) is 13.7. The topological polar surface area (TPSA) is 71.1 Å². The minimum Gasteiger partial charge on any atom is -0.497 e. The smallest absolute Gasteiger partial charge is 0.254 e.